The lowest BCUT2D eigenvalue weighted by Crippen LogP contribution is -2.49. The van der Waals surface area contributed by atoms with Gasteiger partial charge < -0.3 is 15.5 Å². The van der Waals surface area contributed by atoms with E-state index in [4.69, 9.17) is 0 Å². The van der Waals surface area contributed by atoms with Crippen molar-refractivity contribution in [3.8, 4) is 0 Å². The molecular formula is C8H13N3O5S. The summed E-state index contributed by atoms with van der Waals surface area (Å²) in [7, 11) is 0. The minimum Gasteiger partial charge on any atom is -0.350 e. The lowest BCUT2D eigenvalue weighted by Gasteiger charge is -2.17. The average Bonchev–Trinajstić information content (AvgIpc) is 2.55. The first kappa shape index (κ1) is 13.6. The van der Waals surface area contributed by atoms with Crippen LogP contribution in [-0.4, -0.2) is 40.2 Å². The van der Waals surface area contributed by atoms with E-state index in [0.29, 0.717) is 0 Å². The first-order valence-corrected chi connectivity index (χ1v) is 5.83. The van der Waals surface area contributed by atoms with Gasteiger partial charge in [-0.25, -0.2) is 0 Å². The molecule has 8 nitrogen and oxygen atoms in total. The summed E-state index contributed by atoms with van der Waals surface area (Å²) in [5.74, 6) is -0.365. The topological polar surface area (TPSA) is 111 Å². The lowest BCUT2D eigenvalue weighted by atomic mass is 10.2. The third-order valence-corrected chi connectivity index (χ3v) is 3.11. The summed E-state index contributed by atoms with van der Waals surface area (Å²) < 4.78 is 0. The molecule has 3 unspecified atom stereocenters. The molecular weight excluding hydrogens is 250 g/mol. The van der Waals surface area contributed by atoms with E-state index in [-0.39, 0.29) is 23.0 Å². The summed E-state index contributed by atoms with van der Waals surface area (Å²) in [6.07, 6.45) is 0. The monoisotopic (exact) mass is 263 g/mol. The van der Waals surface area contributed by atoms with Crippen molar-refractivity contribution in [1.82, 2.24) is 10.6 Å². The number of nitrogens with one attached hydrogen (secondary N) is 2. The molecule has 1 aliphatic heterocycles. The summed E-state index contributed by atoms with van der Waals surface area (Å²) in [6, 6.07) is -1.10. The maximum absolute atomic E-state index is 11.7. The van der Waals surface area contributed by atoms with Crippen molar-refractivity contribution < 1.29 is 19.5 Å². The van der Waals surface area contributed by atoms with E-state index in [1.807, 2.05) is 0 Å². The molecule has 17 heavy (non-hydrogen) atoms. The molecule has 1 fully saturated rings. The molecule has 0 spiro atoms. The predicted molar refractivity (Wildman–Crippen MR) is 59.9 cm³/mol. The summed E-state index contributed by atoms with van der Waals surface area (Å²) >= 11 is 1.05. The van der Waals surface area contributed by atoms with Gasteiger partial charge in [0.2, 0.25) is 5.91 Å². The first-order valence-electron chi connectivity index (χ1n) is 4.95. The van der Waals surface area contributed by atoms with Crippen LogP contribution in [-0.2, 0) is 9.63 Å². The van der Waals surface area contributed by atoms with E-state index >= 15 is 0 Å². The second-order valence-corrected chi connectivity index (χ2v) is 5.01. The minimum atomic E-state index is -0.918. The van der Waals surface area contributed by atoms with Gasteiger partial charge in [0, 0.05) is 11.3 Å². The fraction of sp³-hybridized carbons (Fsp3) is 0.750. The molecule has 1 aliphatic rings. The van der Waals surface area contributed by atoms with Gasteiger partial charge in [-0.05, 0) is 6.92 Å². The zero-order chi connectivity index (χ0) is 13.0. The van der Waals surface area contributed by atoms with Crippen LogP contribution in [0.2, 0.25) is 0 Å². The van der Waals surface area contributed by atoms with Crippen molar-refractivity contribution in [2.24, 2.45) is 0 Å². The standard InChI is InChI=1S/C8H13N3O5S/c1-4(3-16-11(14)15)9-7(12)6-5(2)17-8(13)10-6/h4-6H,3H2,1-2H3,(H,9,12)(H,10,13). The van der Waals surface area contributed by atoms with Crippen molar-refractivity contribution in [2.45, 2.75) is 31.2 Å². The van der Waals surface area contributed by atoms with Gasteiger partial charge >= 0.3 is 0 Å². The van der Waals surface area contributed by atoms with Crippen molar-refractivity contribution in [2.75, 3.05) is 6.61 Å². The zero-order valence-corrected chi connectivity index (χ0v) is 10.2. The second-order valence-electron chi connectivity index (χ2n) is 3.66. The number of carbonyl (C=O) groups excluding carboxylic acids is 2. The van der Waals surface area contributed by atoms with Gasteiger partial charge in [0.15, 0.2) is 0 Å². The molecule has 3 atom stereocenters. The quantitative estimate of drug-likeness (QED) is 0.530. The Labute approximate surface area is 102 Å². The highest BCUT2D eigenvalue weighted by Crippen LogP contribution is 2.22. The molecule has 2 N–H and O–H groups in total. The molecule has 0 saturated carbocycles. The predicted octanol–water partition coefficient (Wildman–Crippen LogP) is -0.0871. The van der Waals surface area contributed by atoms with Gasteiger partial charge in [-0.3, -0.25) is 9.59 Å². The van der Waals surface area contributed by atoms with Crippen molar-refractivity contribution in [1.29, 1.82) is 0 Å². The molecule has 0 bridgehead atoms. The molecule has 1 heterocycles. The van der Waals surface area contributed by atoms with E-state index < -0.39 is 17.2 Å². The Hall–Kier alpha value is -1.51. The highest BCUT2D eigenvalue weighted by Gasteiger charge is 2.35. The molecule has 0 aromatic heterocycles. The van der Waals surface area contributed by atoms with Crippen molar-refractivity contribution in [3.63, 3.8) is 0 Å². The Balaban J connectivity index is 2.38. The van der Waals surface area contributed by atoms with E-state index in [1.165, 1.54) is 0 Å². The van der Waals surface area contributed by atoms with Gasteiger partial charge in [-0.2, -0.15) is 0 Å². The average molecular weight is 263 g/mol. The van der Waals surface area contributed by atoms with Crippen LogP contribution >= 0.6 is 11.8 Å². The molecule has 0 aromatic rings. The Bertz CT molecular complexity index is 337. The number of carbonyl (C=O) groups is 2. The zero-order valence-electron chi connectivity index (χ0n) is 9.34. The molecule has 2 amide bonds. The smallest absolute Gasteiger partial charge is 0.294 e. The molecule has 9 heteroatoms. The third kappa shape index (κ3) is 4.10. The number of hydrogen-bond acceptors (Lipinski definition) is 6. The molecule has 1 saturated heterocycles. The highest BCUT2D eigenvalue weighted by molar-refractivity contribution is 8.14. The third-order valence-electron chi connectivity index (χ3n) is 2.14. The Morgan fingerprint density at radius 2 is 2.41 bits per heavy atom. The Kier molecular flexibility index (Phi) is 4.55. The first-order chi connectivity index (χ1) is 7.90. The number of thioether (sulfide) groups is 1. The summed E-state index contributed by atoms with van der Waals surface area (Å²) in [6.45, 7) is 3.11. The number of rotatable bonds is 5. The fourth-order valence-corrected chi connectivity index (χ4v) is 2.20. The molecule has 1 rings (SSSR count). The maximum atomic E-state index is 11.7. The van der Waals surface area contributed by atoms with Gasteiger partial charge in [0.25, 0.3) is 10.3 Å². The van der Waals surface area contributed by atoms with Crippen LogP contribution in [0.4, 0.5) is 4.79 Å². The van der Waals surface area contributed by atoms with Crippen molar-refractivity contribution in [3.05, 3.63) is 10.1 Å². The van der Waals surface area contributed by atoms with Crippen molar-refractivity contribution >= 4 is 22.9 Å². The van der Waals surface area contributed by atoms with Crippen LogP contribution in [0.15, 0.2) is 0 Å². The lowest BCUT2D eigenvalue weighted by molar-refractivity contribution is -0.758. The van der Waals surface area contributed by atoms with Gasteiger partial charge in [0.05, 0.1) is 0 Å². The SMILES string of the molecule is CC(CO[N+](=O)[O-])NC(=O)C1NC(=O)SC1C. The van der Waals surface area contributed by atoms with E-state index in [1.54, 1.807) is 13.8 Å². The number of nitrogens with zero attached hydrogens (tertiary/aromatic N) is 1. The summed E-state index contributed by atoms with van der Waals surface area (Å²) in [4.78, 5) is 36.8. The summed E-state index contributed by atoms with van der Waals surface area (Å²) in [5.41, 5.74) is 0. The van der Waals surface area contributed by atoms with Crippen LogP contribution in [0, 0.1) is 10.1 Å². The maximum Gasteiger partial charge on any atom is 0.294 e. The molecule has 0 aliphatic carbocycles. The van der Waals surface area contributed by atoms with E-state index in [9.17, 15) is 19.7 Å². The van der Waals surface area contributed by atoms with Crippen LogP contribution in [0.1, 0.15) is 13.8 Å². The van der Waals surface area contributed by atoms with Crippen LogP contribution < -0.4 is 10.6 Å². The molecule has 0 radical (unpaired) electrons. The van der Waals surface area contributed by atoms with E-state index in [2.05, 4.69) is 15.5 Å². The Morgan fingerprint density at radius 1 is 1.76 bits per heavy atom. The largest absolute Gasteiger partial charge is 0.350 e. The highest BCUT2D eigenvalue weighted by atomic mass is 32.2. The fourth-order valence-electron chi connectivity index (χ4n) is 1.34. The van der Waals surface area contributed by atoms with E-state index in [0.717, 1.165) is 11.8 Å². The van der Waals surface area contributed by atoms with Crippen LogP contribution in [0.3, 0.4) is 0 Å². The second kappa shape index (κ2) is 5.71. The summed E-state index contributed by atoms with van der Waals surface area (Å²) in [5, 5.41) is 13.7. The normalized spacial score (nSPS) is 24.9. The number of hydrogen-bond donors (Lipinski definition) is 2. The van der Waals surface area contributed by atoms with Crippen LogP contribution in [0.5, 0.6) is 0 Å². The number of amides is 2. The van der Waals surface area contributed by atoms with Gasteiger partial charge in [0.1, 0.15) is 12.6 Å². The minimum absolute atomic E-state index is 0.161. The van der Waals surface area contributed by atoms with Gasteiger partial charge in [-0.15, -0.1) is 10.1 Å². The van der Waals surface area contributed by atoms with Gasteiger partial charge in [-0.1, -0.05) is 18.7 Å². The molecule has 0 aromatic carbocycles. The van der Waals surface area contributed by atoms with Crippen LogP contribution in [0.25, 0.3) is 0 Å². The Morgan fingerprint density at radius 3 is 2.88 bits per heavy atom. The molecule has 96 valence electrons.